The average molecular weight is 541 g/mol. The quantitative estimate of drug-likeness (QED) is 0.224. The molecule has 3 N–H and O–H groups in total. The van der Waals surface area contributed by atoms with Crippen LogP contribution in [0.5, 0.6) is 5.75 Å². The summed E-state index contributed by atoms with van der Waals surface area (Å²) >= 11 is 0. The largest absolute Gasteiger partial charge is 0.495 e. The van der Waals surface area contributed by atoms with Gasteiger partial charge in [0, 0.05) is 28.9 Å². The summed E-state index contributed by atoms with van der Waals surface area (Å²) in [5.74, 6) is 2.19. The molecule has 9 heteroatoms. The molecule has 0 atom stereocenters. The topological polar surface area (TPSA) is 110 Å². The molecule has 0 aliphatic rings. The summed E-state index contributed by atoms with van der Waals surface area (Å²) < 4.78 is 9.50. The minimum atomic E-state index is -0.871. The van der Waals surface area contributed by atoms with Crippen molar-refractivity contribution < 1.29 is 14.9 Å². The number of aliphatic hydroxyl groups is 2. The number of methoxy groups -OCH3 is 1. The number of hydrogen-bond donors (Lipinski definition) is 3. The van der Waals surface area contributed by atoms with Gasteiger partial charge in [-0.2, -0.15) is 5.10 Å². The fourth-order valence-corrected chi connectivity index (χ4v) is 4.76. The van der Waals surface area contributed by atoms with Gasteiger partial charge in [0.25, 0.3) is 0 Å². The molecule has 5 aromatic rings. The van der Waals surface area contributed by atoms with Crippen molar-refractivity contribution >= 4 is 22.3 Å². The average Bonchev–Trinajstić information content (AvgIpc) is 3.48. The minimum Gasteiger partial charge on any atom is -0.495 e. The SMILES string of the molecule is COc1cc(-c2cnc(C)n2CC(C)(C)O)ccc1Nc1cc2cc(-c3cnn(CC(C)(C)O)c3)ccc2cn1. The Morgan fingerprint density at radius 1 is 0.825 bits per heavy atom. The summed E-state index contributed by atoms with van der Waals surface area (Å²) in [7, 11) is 1.64. The maximum absolute atomic E-state index is 10.4. The van der Waals surface area contributed by atoms with Gasteiger partial charge in [0.1, 0.15) is 17.4 Å². The third kappa shape index (κ3) is 6.16. The molecular weight excluding hydrogens is 504 g/mol. The van der Waals surface area contributed by atoms with E-state index >= 15 is 0 Å². The maximum Gasteiger partial charge on any atom is 0.143 e. The third-order valence-electron chi connectivity index (χ3n) is 6.60. The van der Waals surface area contributed by atoms with Gasteiger partial charge in [-0.25, -0.2) is 9.97 Å². The Balaban J connectivity index is 1.41. The van der Waals surface area contributed by atoms with Crippen LogP contribution in [0.15, 0.2) is 67.3 Å². The van der Waals surface area contributed by atoms with E-state index in [4.69, 9.17) is 4.74 Å². The Labute approximate surface area is 234 Å². The van der Waals surface area contributed by atoms with E-state index in [0.29, 0.717) is 24.7 Å². The predicted octanol–water partition coefficient (Wildman–Crippen LogP) is 5.56. The number of pyridine rings is 1. The highest BCUT2D eigenvalue weighted by atomic mass is 16.5. The minimum absolute atomic E-state index is 0.417. The van der Waals surface area contributed by atoms with Crippen LogP contribution in [0.25, 0.3) is 33.2 Å². The Bertz CT molecular complexity index is 1660. The molecule has 0 bridgehead atoms. The van der Waals surface area contributed by atoms with Crippen molar-refractivity contribution in [3.63, 3.8) is 0 Å². The molecule has 0 radical (unpaired) electrons. The molecule has 3 aromatic heterocycles. The van der Waals surface area contributed by atoms with Gasteiger partial charge in [-0.15, -0.1) is 0 Å². The summed E-state index contributed by atoms with van der Waals surface area (Å²) in [6, 6.07) is 14.1. The fraction of sp³-hybridized carbons (Fsp3) is 0.323. The van der Waals surface area contributed by atoms with Crippen molar-refractivity contribution in [3.8, 4) is 28.1 Å². The standard InChI is InChI=1S/C31H36N6O3/c1-20-32-16-27(37(20)19-31(4,5)39)22-9-10-26(28(12-22)40-6)35-29-13-24-11-21(7-8-23(24)14-33-29)25-15-34-36(17-25)18-30(2,3)38/h7-17,38-39H,18-19H2,1-6H3,(H,33,35). The lowest BCUT2D eigenvalue weighted by Gasteiger charge is -2.21. The van der Waals surface area contributed by atoms with E-state index in [2.05, 4.69) is 32.5 Å². The lowest BCUT2D eigenvalue weighted by molar-refractivity contribution is 0.0576. The van der Waals surface area contributed by atoms with Crippen LogP contribution >= 0.6 is 0 Å². The van der Waals surface area contributed by atoms with Crippen LogP contribution in [-0.2, 0) is 13.1 Å². The van der Waals surface area contributed by atoms with Gasteiger partial charge in [0.2, 0.25) is 0 Å². The summed E-state index contributed by atoms with van der Waals surface area (Å²) in [6.45, 7) is 9.88. The predicted molar refractivity (Wildman–Crippen MR) is 158 cm³/mol. The molecule has 5 rings (SSSR count). The van der Waals surface area contributed by atoms with Gasteiger partial charge in [0.05, 0.1) is 55.2 Å². The number of nitrogens with zero attached hydrogens (tertiary/aromatic N) is 5. The number of anilines is 2. The highest BCUT2D eigenvalue weighted by Gasteiger charge is 2.19. The van der Waals surface area contributed by atoms with Crippen molar-refractivity contribution in [1.29, 1.82) is 0 Å². The van der Waals surface area contributed by atoms with E-state index in [9.17, 15) is 10.2 Å². The van der Waals surface area contributed by atoms with Crippen LogP contribution in [0.3, 0.4) is 0 Å². The molecule has 0 unspecified atom stereocenters. The zero-order valence-corrected chi connectivity index (χ0v) is 23.8. The molecule has 2 aromatic carbocycles. The van der Waals surface area contributed by atoms with Gasteiger partial charge >= 0.3 is 0 Å². The third-order valence-corrected chi connectivity index (χ3v) is 6.60. The number of rotatable bonds is 9. The van der Waals surface area contributed by atoms with Crippen LogP contribution in [0.4, 0.5) is 11.5 Å². The van der Waals surface area contributed by atoms with Gasteiger partial charge in [-0.05, 0) is 69.8 Å². The van der Waals surface area contributed by atoms with E-state index < -0.39 is 11.2 Å². The summed E-state index contributed by atoms with van der Waals surface area (Å²) in [6.07, 6.45) is 7.42. The van der Waals surface area contributed by atoms with Crippen LogP contribution in [0.1, 0.15) is 33.5 Å². The molecule has 0 spiro atoms. The first kappa shape index (κ1) is 27.4. The van der Waals surface area contributed by atoms with E-state index in [1.807, 2.05) is 66.6 Å². The number of hydrogen-bond acceptors (Lipinski definition) is 7. The van der Waals surface area contributed by atoms with E-state index in [-0.39, 0.29) is 0 Å². The zero-order chi connectivity index (χ0) is 28.7. The van der Waals surface area contributed by atoms with E-state index in [1.165, 1.54) is 0 Å². The first-order valence-electron chi connectivity index (χ1n) is 13.2. The summed E-state index contributed by atoms with van der Waals surface area (Å²) in [4.78, 5) is 9.08. The lowest BCUT2D eigenvalue weighted by Crippen LogP contribution is -2.27. The molecule has 0 amide bonds. The highest BCUT2D eigenvalue weighted by Crippen LogP contribution is 2.34. The number of imidazole rings is 1. The Morgan fingerprint density at radius 2 is 1.57 bits per heavy atom. The molecule has 0 aliphatic carbocycles. The van der Waals surface area contributed by atoms with Crippen LogP contribution < -0.4 is 10.1 Å². The van der Waals surface area contributed by atoms with Crippen molar-refractivity contribution in [2.45, 2.75) is 58.9 Å². The molecule has 208 valence electrons. The molecular formula is C31H36N6O3. The van der Waals surface area contributed by atoms with Crippen molar-refractivity contribution in [2.75, 3.05) is 12.4 Å². The zero-order valence-electron chi connectivity index (χ0n) is 23.8. The molecule has 9 nitrogen and oxygen atoms in total. The fourth-order valence-electron chi connectivity index (χ4n) is 4.76. The number of benzene rings is 2. The summed E-state index contributed by atoms with van der Waals surface area (Å²) in [5, 5.41) is 30.4. The van der Waals surface area contributed by atoms with Crippen molar-refractivity contribution in [2.24, 2.45) is 0 Å². The second kappa shape index (κ2) is 10.4. The molecule has 40 heavy (non-hydrogen) atoms. The molecule has 3 heterocycles. The lowest BCUT2D eigenvalue weighted by atomic mass is 10.0. The maximum atomic E-state index is 10.4. The van der Waals surface area contributed by atoms with Crippen molar-refractivity contribution in [3.05, 3.63) is 73.1 Å². The number of ether oxygens (including phenoxy) is 1. The van der Waals surface area contributed by atoms with E-state index in [0.717, 1.165) is 44.7 Å². The molecule has 0 saturated heterocycles. The van der Waals surface area contributed by atoms with Gasteiger partial charge in [-0.3, -0.25) is 4.68 Å². The van der Waals surface area contributed by atoms with E-state index in [1.54, 1.807) is 39.5 Å². The van der Waals surface area contributed by atoms with Crippen LogP contribution in [0.2, 0.25) is 0 Å². The molecule has 0 aliphatic heterocycles. The molecule has 0 saturated carbocycles. The number of aryl methyl sites for hydroxylation is 1. The first-order valence-corrected chi connectivity index (χ1v) is 13.2. The smallest absolute Gasteiger partial charge is 0.143 e. The van der Waals surface area contributed by atoms with Crippen LogP contribution in [0, 0.1) is 6.92 Å². The number of fused-ring (bicyclic) bond motifs is 1. The van der Waals surface area contributed by atoms with Gasteiger partial charge < -0.3 is 24.8 Å². The monoisotopic (exact) mass is 540 g/mol. The Kier molecular flexibility index (Phi) is 7.12. The second-order valence-corrected chi connectivity index (χ2v) is 11.5. The number of aromatic nitrogens is 5. The first-order chi connectivity index (χ1) is 18.9. The van der Waals surface area contributed by atoms with Crippen LogP contribution in [-0.4, -0.2) is 52.8 Å². The summed E-state index contributed by atoms with van der Waals surface area (Å²) in [5.41, 5.74) is 2.94. The second-order valence-electron chi connectivity index (χ2n) is 11.5. The van der Waals surface area contributed by atoms with Gasteiger partial charge in [0.15, 0.2) is 0 Å². The Hall–Kier alpha value is -4.21. The number of nitrogens with one attached hydrogen (secondary N) is 1. The highest BCUT2D eigenvalue weighted by molar-refractivity contribution is 5.89. The molecule has 0 fully saturated rings. The Morgan fingerprint density at radius 3 is 2.30 bits per heavy atom. The normalized spacial score (nSPS) is 12.2. The van der Waals surface area contributed by atoms with Crippen molar-refractivity contribution in [1.82, 2.24) is 24.3 Å². The van der Waals surface area contributed by atoms with Gasteiger partial charge in [-0.1, -0.05) is 18.2 Å².